The van der Waals surface area contributed by atoms with E-state index in [1.807, 2.05) is 19.9 Å². The lowest BCUT2D eigenvalue weighted by Crippen LogP contribution is -2.15. The number of rotatable bonds is 4. The number of amides is 2. The van der Waals surface area contributed by atoms with Gasteiger partial charge in [0.1, 0.15) is 0 Å². The molecule has 9 heteroatoms. The van der Waals surface area contributed by atoms with Gasteiger partial charge in [-0.2, -0.15) is 4.98 Å². The van der Waals surface area contributed by atoms with Crippen molar-refractivity contribution in [2.75, 3.05) is 10.6 Å². The van der Waals surface area contributed by atoms with Crippen LogP contribution in [0, 0.1) is 13.8 Å². The minimum Gasteiger partial charge on any atom is -0.322 e. The number of hydrogen-bond donors (Lipinski definition) is 2. The fourth-order valence-corrected chi connectivity index (χ4v) is 2.83. The van der Waals surface area contributed by atoms with Gasteiger partial charge in [-0.3, -0.25) is 14.6 Å². The normalized spacial score (nSPS) is 10.7. The second kappa shape index (κ2) is 7.47. The smallest absolute Gasteiger partial charge is 0.295 e. The molecule has 29 heavy (non-hydrogen) atoms. The lowest BCUT2D eigenvalue weighted by molar-refractivity contribution is 0.101. The van der Waals surface area contributed by atoms with Crippen LogP contribution in [-0.4, -0.2) is 36.4 Å². The number of nitrogens with one attached hydrogen (secondary N) is 2. The average molecular weight is 387 g/mol. The SMILES string of the molecule is Cc1cc(C)n2nc(C(=O)Nc3cccc(NC(=O)c4ccncc4)c3)nc2n1. The molecule has 0 saturated carbocycles. The number of anilines is 2. The van der Waals surface area contributed by atoms with Gasteiger partial charge in [-0.1, -0.05) is 6.07 Å². The van der Waals surface area contributed by atoms with Crippen LogP contribution in [0.3, 0.4) is 0 Å². The Kier molecular flexibility index (Phi) is 4.70. The number of carbonyl (C=O) groups is 2. The third-order valence-corrected chi connectivity index (χ3v) is 4.14. The number of benzene rings is 1. The van der Waals surface area contributed by atoms with E-state index in [0.717, 1.165) is 11.4 Å². The lowest BCUT2D eigenvalue weighted by atomic mass is 10.2. The van der Waals surface area contributed by atoms with E-state index in [1.54, 1.807) is 48.8 Å². The summed E-state index contributed by atoms with van der Waals surface area (Å²) in [6, 6.07) is 11.9. The van der Waals surface area contributed by atoms with Crippen LogP contribution in [0.2, 0.25) is 0 Å². The summed E-state index contributed by atoms with van der Waals surface area (Å²) in [4.78, 5) is 37.2. The second-order valence-corrected chi connectivity index (χ2v) is 6.41. The number of nitrogens with zero attached hydrogens (tertiary/aromatic N) is 5. The van der Waals surface area contributed by atoms with E-state index < -0.39 is 5.91 Å². The van der Waals surface area contributed by atoms with Crippen molar-refractivity contribution >= 4 is 29.0 Å². The Labute approximate surface area is 165 Å². The first-order valence-corrected chi connectivity index (χ1v) is 8.83. The van der Waals surface area contributed by atoms with E-state index in [9.17, 15) is 9.59 Å². The predicted octanol–water partition coefficient (Wildman–Crippen LogP) is 2.64. The second-order valence-electron chi connectivity index (χ2n) is 6.41. The molecule has 0 aliphatic rings. The topological polar surface area (TPSA) is 114 Å². The zero-order chi connectivity index (χ0) is 20.4. The molecule has 0 bridgehead atoms. The Bertz CT molecular complexity index is 1220. The monoisotopic (exact) mass is 387 g/mol. The van der Waals surface area contributed by atoms with Gasteiger partial charge in [-0.25, -0.2) is 9.50 Å². The van der Waals surface area contributed by atoms with Crippen molar-refractivity contribution in [2.24, 2.45) is 0 Å². The van der Waals surface area contributed by atoms with Crippen LogP contribution in [0.1, 0.15) is 32.4 Å². The van der Waals surface area contributed by atoms with Crippen molar-refractivity contribution < 1.29 is 9.59 Å². The van der Waals surface area contributed by atoms with Crippen LogP contribution in [-0.2, 0) is 0 Å². The predicted molar refractivity (Wildman–Crippen MR) is 107 cm³/mol. The zero-order valence-corrected chi connectivity index (χ0v) is 15.7. The molecule has 4 aromatic rings. The van der Waals surface area contributed by atoms with Crippen LogP contribution >= 0.6 is 0 Å². The Morgan fingerprint density at radius 3 is 2.31 bits per heavy atom. The molecule has 3 aromatic heterocycles. The number of pyridine rings is 1. The summed E-state index contributed by atoms with van der Waals surface area (Å²) in [5.74, 6) is -0.358. The van der Waals surface area contributed by atoms with Crippen LogP contribution in [0.5, 0.6) is 0 Å². The molecule has 4 rings (SSSR count). The van der Waals surface area contributed by atoms with E-state index in [2.05, 4.69) is 30.7 Å². The van der Waals surface area contributed by atoms with E-state index in [4.69, 9.17) is 0 Å². The van der Waals surface area contributed by atoms with Crippen LogP contribution < -0.4 is 10.6 Å². The number of hydrogen-bond acceptors (Lipinski definition) is 6. The highest BCUT2D eigenvalue weighted by Crippen LogP contribution is 2.17. The van der Waals surface area contributed by atoms with Gasteiger partial charge in [-0.15, -0.1) is 5.10 Å². The van der Waals surface area contributed by atoms with Gasteiger partial charge >= 0.3 is 0 Å². The number of aromatic nitrogens is 5. The lowest BCUT2D eigenvalue weighted by Gasteiger charge is -2.08. The molecule has 2 amide bonds. The minimum atomic E-state index is -0.467. The molecule has 0 atom stereocenters. The molecular formula is C20H17N7O2. The fraction of sp³-hybridized carbons (Fsp3) is 0.100. The van der Waals surface area contributed by atoms with Crippen molar-refractivity contribution in [2.45, 2.75) is 13.8 Å². The summed E-state index contributed by atoms with van der Waals surface area (Å²) in [5, 5.41) is 9.74. The minimum absolute atomic E-state index is 0.0115. The standard InChI is InChI=1S/C20H17N7O2/c1-12-10-13(2)27-20(22-12)25-17(26-27)19(29)24-16-5-3-4-15(11-16)23-18(28)14-6-8-21-9-7-14/h3-11H,1-2H3,(H,23,28)(H,24,29). The Morgan fingerprint density at radius 2 is 1.59 bits per heavy atom. The summed E-state index contributed by atoms with van der Waals surface area (Å²) < 4.78 is 1.52. The molecule has 0 fully saturated rings. The number of carbonyl (C=O) groups excluding carboxylic acids is 2. The maximum atomic E-state index is 12.6. The van der Waals surface area contributed by atoms with Gasteiger partial charge in [0.25, 0.3) is 17.6 Å². The van der Waals surface area contributed by atoms with Crippen molar-refractivity contribution in [3.63, 3.8) is 0 Å². The van der Waals surface area contributed by atoms with Crippen LogP contribution in [0.25, 0.3) is 5.78 Å². The molecule has 0 spiro atoms. The summed E-state index contributed by atoms with van der Waals surface area (Å²) >= 11 is 0. The summed E-state index contributed by atoms with van der Waals surface area (Å²) in [6.45, 7) is 3.72. The Balaban J connectivity index is 1.51. The number of fused-ring (bicyclic) bond motifs is 1. The molecule has 1 aromatic carbocycles. The van der Waals surface area contributed by atoms with Gasteiger partial charge in [-0.05, 0) is 50.2 Å². The molecule has 0 saturated heterocycles. The van der Waals surface area contributed by atoms with Crippen molar-refractivity contribution in [3.05, 3.63) is 77.6 Å². The van der Waals surface area contributed by atoms with Crippen LogP contribution in [0.4, 0.5) is 11.4 Å². The molecule has 0 aliphatic carbocycles. The highest BCUT2D eigenvalue weighted by molar-refractivity contribution is 6.05. The Hall–Kier alpha value is -4.14. The van der Waals surface area contributed by atoms with Crippen molar-refractivity contribution in [3.8, 4) is 0 Å². The van der Waals surface area contributed by atoms with E-state index >= 15 is 0 Å². The third-order valence-electron chi connectivity index (χ3n) is 4.14. The van der Waals surface area contributed by atoms with E-state index in [-0.39, 0.29) is 11.7 Å². The number of aryl methyl sites for hydroxylation is 2. The maximum Gasteiger partial charge on any atom is 0.295 e. The third kappa shape index (κ3) is 3.93. The van der Waals surface area contributed by atoms with Gasteiger partial charge in [0.2, 0.25) is 5.82 Å². The van der Waals surface area contributed by atoms with Gasteiger partial charge in [0.05, 0.1) is 0 Å². The van der Waals surface area contributed by atoms with E-state index in [1.165, 1.54) is 4.52 Å². The van der Waals surface area contributed by atoms with Gasteiger partial charge in [0, 0.05) is 40.7 Å². The average Bonchev–Trinajstić information content (AvgIpc) is 3.13. The first kappa shape index (κ1) is 18.2. The molecular weight excluding hydrogens is 370 g/mol. The van der Waals surface area contributed by atoms with Crippen molar-refractivity contribution in [1.82, 2.24) is 24.6 Å². The fourth-order valence-electron chi connectivity index (χ4n) is 2.83. The largest absolute Gasteiger partial charge is 0.322 e. The molecule has 144 valence electrons. The summed E-state index contributed by atoms with van der Waals surface area (Å²) in [6.07, 6.45) is 3.09. The maximum absolute atomic E-state index is 12.6. The molecule has 3 heterocycles. The summed E-state index contributed by atoms with van der Waals surface area (Å²) in [7, 11) is 0. The first-order valence-electron chi connectivity index (χ1n) is 8.83. The van der Waals surface area contributed by atoms with Gasteiger partial charge < -0.3 is 10.6 Å². The first-order chi connectivity index (χ1) is 14.0. The molecule has 2 N–H and O–H groups in total. The highest BCUT2D eigenvalue weighted by atomic mass is 16.2. The highest BCUT2D eigenvalue weighted by Gasteiger charge is 2.15. The molecule has 0 unspecified atom stereocenters. The van der Waals surface area contributed by atoms with E-state index in [0.29, 0.717) is 22.7 Å². The zero-order valence-electron chi connectivity index (χ0n) is 15.7. The van der Waals surface area contributed by atoms with Crippen LogP contribution in [0.15, 0.2) is 54.9 Å². The quantitative estimate of drug-likeness (QED) is 0.556. The van der Waals surface area contributed by atoms with Gasteiger partial charge in [0.15, 0.2) is 0 Å². The molecule has 0 radical (unpaired) electrons. The molecule has 9 nitrogen and oxygen atoms in total. The molecule has 0 aliphatic heterocycles. The summed E-state index contributed by atoms with van der Waals surface area (Å²) in [5.41, 5.74) is 3.16. The Morgan fingerprint density at radius 1 is 0.897 bits per heavy atom. The van der Waals surface area contributed by atoms with Crippen molar-refractivity contribution in [1.29, 1.82) is 0 Å².